The van der Waals surface area contributed by atoms with Crippen LogP contribution in [-0.4, -0.2) is 50.4 Å². The van der Waals surface area contributed by atoms with Crippen LogP contribution in [0.4, 0.5) is 10.1 Å². The summed E-state index contributed by atoms with van der Waals surface area (Å²) in [5.41, 5.74) is 13.6. The Morgan fingerprint density at radius 2 is 1.82 bits per heavy atom. The number of hydrogen-bond donors (Lipinski definition) is 2. The van der Waals surface area contributed by atoms with Crippen LogP contribution < -0.4 is 21.1 Å². The van der Waals surface area contributed by atoms with Gasteiger partial charge in [0.15, 0.2) is 0 Å². The zero-order valence-corrected chi connectivity index (χ0v) is 15.9. The van der Waals surface area contributed by atoms with Crippen LogP contribution in [0.5, 0.6) is 5.75 Å². The highest BCUT2D eigenvalue weighted by Gasteiger charge is 2.18. The number of hydrogen-bond acceptors (Lipinski definition) is 5. The van der Waals surface area contributed by atoms with Crippen LogP contribution >= 0.6 is 0 Å². The fourth-order valence-electron chi connectivity index (χ4n) is 3.22. The summed E-state index contributed by atoms with van der Waals surface area (Å²) in [6.07, 6.45) is 1.61. The van der Waals surface area contributed by atoms with Crippen molar-refractivity contribution in [2.75, 3.05) is 38.2 Å². The van der Waals surface area contributed by atoms with Crippen molar-refractivity contribution in [3.8, 4) is 5.75 Å². The lowest BCUT2D eigenvalue weighted by Crippen LogP contribution is -2.46. The first-order valence-electron chi connectivity index (χ1n) is 9.07. The molecule has 0 spiro atoms. The van der Waals surface area contributed by atoms with Crippen molar-refractivity contribution in [3.05, 3.63) is 59.4 Å². The van der Waals surface area contributed by atoms with E-state index < -0.39 is 0 Å². The van der Waals surface area contributed by atoms with E-state index in [1.165, 1.54) is 12.1 Å². The molecule has 0 saturated carbocycles. The molecule has 1 saturated heterocycles. The second-order valence-corrected chi connectivity index (χ2v) is 6.58. The molecule has 2 aromatic rings. The molecule has 8 heteroatoms. The Labute approximate surface area is 164 Å². The minimum atomic E-state index is -0.210. The molecule has 7 nitrogen and oxygen atoms in total. The summed E-state index contributed by atoms with van der Waals surface area (Å²) >= 11 is 0. The number of benzene rings is 2. The first kappa shape index (κ1) is 19.6. The number of ether oxygens (including phenoxy) is 1. The number of methoxy groups -OCH3 is 1. The van der Waals surface area contributed by atoms with E-state index in [0.29, 0.717) is 0 Å². The lowest BCUT2D eigenvalue weighted by Gasteiger charge is -2.36. The summed E-state index contributed by atoms with van der Waals surface area (Å²) in [6, 6.07) is 12.5. The van der Waals surface area contributed by atoms with Gasteiger partial charge in [0.2, 0.25) is 5.96 Å². The van der Waals surface area contributed by atoms with E-state index in [0.717, 1.165) is 55.3 Å². The average Bonchev–Trinajstić information content (AvgIpc) is 2.69. The number of rotatable bonds is 6. The van der Waals surface area contributed by atoms with E-state index in [1.54, 1.807) is 13.3 Å². The van der Waals surface area contributed by atoms with Gasteiger partial charge in [-0.25, -0.2) is 4.39 Å². The molecule has 1 aliphatic heterocycles. The molecule has 3 rings (SSSR count). The third-order valence-electron chi connectivity index (χ3n) is 4.64. The van der Waals surface area contributed by atoms with Gasteiger partial charge in [0.25, 0.3) is 0 Å². The molecule has 28 heavy (non-hydrogen) atoms. The molecule has 4 N–H and O–H groups in total. The van der Waals surface area contributed by atoms with Gasteiger partial charge in [-0.2, -0.15) is 5.10 Å². The van der Waals surface area contributed by atoms with Crippen molar-refractivity contribution in [2.45, 2.75) is 6.54 Å². The molecule has 0 aliphatic carbocycles. The molecule has 1 aliphatic rings. The highest BCUT2D eigenvalue weighted by atomic mass is 19.1. The molecule has 1 fully saturated rings. The Balaban J connectivity index is 1.64. The van der Waals surface area contributed by atoms with Gasteiger partial charge in [-0.05, 0) is 48.0 Å². The number of anilines is 1. The second-order valence-electron chi connectivity index (χ2n) is 6.58. The average molecular weight is 384 g/mol. The summed E-state index contributed by atoms with van der Waals surface area (Å²) in [6.45, 7) is 4.36. The van der Waals surface area contributed by atoms with Crippen molar-refractivity contribution in [1.82, 2.24) is 4.90 Å². The number of guanidine groups is 1. The van der Waals surface area contributed by atoms with Crippen LogP contribution in [-0.2, 0) is 6.54 Å². The first-order valence-corrected chi connectivity index (χ1v) is 9.07. The highest BCUT2D eigenvalue weighted by molar-refractivity contribution is 5.82. The Morgan fingerprint density at radius 3 is 2.46 bits per heavy atom. The largest absolute Gasteiger partial charge is 0.496 e. The van der Waals surface area contributed by atoms with Gasteiger partial charge in [0, 0.05) is 44.0 Å². The lowest BCUT2D eigenvalue weighted by atomic mass is 10.1. The quantitative estimate of drug-likeness (QED) is 0.450. The van der Waals surface area contributed by atoms with Gasteiger partial charge in [0.05, 0.1) is 13.3 Å². The third kappa shape index (κ3) is 5.20. The van der Waals surface area contributed by atoms with Crippen molar-refractivity contribution in [2.24, 2.45) is 21.7 Å². The number of nitrogens with two attached hydrogens (primary N) is 2. The molecular formula is C20H25FN6O. The molecule has 0 bridgehead atoms. The summed E-state index contributed by atoms with van der Waals surface area (Å²) in [5, 5.41) is 7.48. The predicted molar refractivity (Wildman–Crippen MR) is 110 cm³/mol. The minimum absolute atomic E-state index is 0.0796. The lowest BCUT2D eigenvalue weighted by molar-refractivity contribution is 0.246. The van der Waals surface area contributed by atoms with E-state index in [-0.39, 0.29) is 11.8 Å². The van der Waals surface area contributed by atoms with Crippen molar-refractivity contribution >= 4 is 17.9 Å². The third-order valence-corrected chi connectivity index (χ3v) is 4.64. The molecule has 0 unspecified atom stereocenters. The smallest absolute Gasteiger partial charge is 0.211 e. The molecule has 0 aromatic heterocycles. The predicted octanol–water partition coefficient (Wildman–Crippen LogP) is 1.76. The standard InChI is InChI=1S/C20H25FN6O/c1-28-19-7-2-15(13-24-25-20(22)23)12-16(19)14-26-8-10-27(11-9-26)18-5-3-17(21)4-6-18/h2-7,12-13H,8-11,14H2,1H3,(H4,22,23,25). The van der Waals surface area contributed by atoms with Crippen molar-refractivity contribution < 1.29 is 9.13 Å². The van der Waals surface area contributed by atoms with Crippen LogP contribution in [0.25, 0.3) is 0 Å². The topological polar surface area (TPSA) is 92.5 Å². The highest BCUT2D eigenvalue weighted by Crippen LogP contribution is 2.23. The fourth-order valence-corrected chi connectivity index (χ4v) is 3.22. The summed E-state index contributed by atoms with van der Waals surface area (Å²) in [4.78, 5) is 4.64. The molecular weight excluding hydrogens is 359 g/mol. The zero-order valence-electron chi connectivity index (χ0n) is 15.9. The summed E-state index contributed by atoms with van der Waals surface area (Å²) in [5.74, 6) is 0.543. The van der Waals surface area contributed by atoms with Crippen LogP contribution in [0.1, 0.15) is 11.1 Å². The van der Waals surface area contributed by atoms with Gasteiger partial charge in [0.1, 0.15) is 11.6 Å². The summed E-state index contributed by atoms with van der Waals surface area (Å²) < 4.78 is 18.6. The Morgan fingerprint density at radius 1 is 1.11 bits per heavy atom. The number of piperazine rings is 1. The van der Waals surface area contributed by atoms with Crippen molar-refractivity contribution in [3.63, 3.8) is 0 Å². The Kier molecular flexibility index (Phi) is 6.44. The number of nitrogens with zero attached hydrogens (tertiary/aromatic N) is 4. The van der Waals surface area contributed by atoms with Crippen LogP contribution in [0.15, 0.2) is 52.7 Å². The Bertz CT molecular complexity index is 840. The van der Waals surface area contributed by atoms with E-state index >= 15 is 0 Å². The molecule has 0 atom stereocenters. The van der Waals surface area contributed by atoms with Gasteiger partial charge >= 0.3 is 0 Å². The fraction of sp³-hybridized carbons (Fsp3) is 0.300. The van der Waals surface area contributed by atoms with Gasteiger partial charge in [-0.1, -0.05) is 0 Å². The van der Waals surface area contributed by atoms with Gasteiger partial charge in [-0.3, -0.25) is 4.90 Å². The molecule has 148 valence electrons. The maximum atomic E-state index is 13.1. The molecule has 0 amide bonds. The molecule has 1 heterocycles. The maximum Gasteiger partial charge on any atom is 0.211 e. The van der Waals surface area contributed by atoms with Crippen molar-refractivity contribution in [1.29, 1.82) is 0 Å². The van der Waals surface area contributed by atoms with E-state index in [9.17, 15) is 4.39 Å². The van der Waals surface area contributed by atoms with Gasteiger partial charge in [-0.15, -0.1) is 5.10 Å². The van der Waals surface area contributed by atoms with Crippen LogP contribution in [0.2, 0.25) is 0 Å². The molecule has 0 radical (unpaired) electrons. The number of halogens is 1. The van der Waals surface area contributed by atoms with Crippen LogP contribution in [0, 0.1) is 5.82 Å². The first-order chi connectivity index (χ1) is 13.5. The maximum absolute atomic E-state index is 13.1. The normalized spacial score (nSPS) is 15.0. The van der Waals surface area contributed by atoms with Crippen LogP contribution in [0.3, 0.4) is 0 Å². The van der Waals surface area contributed by atoms with Gasteiger partial charge < -0.3 is 21.1 Å². The summed E-state index contributed by atoms with van der Waals surface area (Å²) in [7, 11) is 1.67. The van der Waals surface area contributed by atoms with E-state index in [2.05, 4.69) is 20.0 Å². The minimum Gasteiger partial charge on any atom is -0.496 e. The van der Waals surface area contributed by atoms with E-state index in [1.807, 2.05) is 30.3 Å². The van der Waals surface area contributed by atoms with E-state index in [4.69, 9.17) is 16.2 Å². The SMILES string of the molecule is COc1ccc(C=NN=C(N)N)cc1CN1CCN(c2ccc(F)cc2)CC1. The zero-order chi connectivity index (χ0) is 19.9. The second kappa shape index (κ2) is 9.18. The monoisotopic (exact) mass is 384 g/mol. The molecule has 2 aromatic carbocycles. The Hall–Kier alpha value is -3.13.